The first-order valence-electron chi connectivity index (χ1n) is 6.71. The lowest BCUT2D eigenvalue weighted by atomic mass is 9.82. The van der Waals surface area contributed by atoms with Crippen molar-refractivity contribution in [3.63, 3.8) is 0 Å². The number of aryl methyl sites for hydroxylation is 1. The largest absolute Gasteiger partial charge is 0.481 e. The van der Waals surface area contributed by atoms with Gasteiger partial charge in [-0.05, 0) is 36.8 Å². The molecule has 0 aromatic carbocycles. The molecule has 0 radical (unpaired) electrons. The van der Waals surface area contributed by atoms with Crippen LogP contribution in [0.4, 0.5) is 5.82 Å². The van der Waals surface area contributed by atoms with Crippen LogP contribution in [-0.2, 0) is 9.59 Å². The Morgan fingerprint density at radius 2 is 1.95 bits per heavy atom. The SMILES string of the molecule is Cc1ccc(NC(=O)[C@H]2[C@@H](C(=O)O)[C@H]3C=C[C@@H]2C3)nc1. The van der Waals surface area contributed by atoms with Gasteiger partial charge >= 0.3 is 5.97 Å². The van der Waals surface area contributed by atoms with Crippen molar-refractivity contribution in [1.29, 1.82) is 0 Å². The van der Waals surface area contributed by atoms with Crippen LogP contribution in [0, 0.1) is 30.6 Å². The number of anilines is 1. The number of carbonyl (C=O) groups excluding carboxylic acids is 1. The van der Waals surface area contributed by atoms with E-state index in [-0.39, 0.29) is 17.7 Å². The first kappa shape index (κ1) is 12.8. The molecule has 0 unspecified atom stereocenters. The van der Waals surface area contributed by atoms with E-state index in [2.05, 4.69) is 10.3 Å². The van der Waals surface area contributed by atoms with Gasteiger partial charge in [0.1, 0.15) is 5.82 Å². The zero-order valence-electron chi connectivity index (χ0n) is 11.1. The van der Waals surface area contributed by atoms with Gasteiger partial charge < -0.3 is 10.4 Å². The average molecular weight is 272 g/mol. The van der Waals surface area contributed by atoms with Gasteiger partial charge in [-0.1, -0.05) is 18.2 Å². The van der Waals surface area contributed by atoms with Crippen molar-refractivity contribution in [2.24, 2.45) is 23.7 Å². The second-order valence-electron chi connectivity index (χ2n) is 5.55. The van der Waals surface area contributed by atoms with Gasteiger partial charge in [0.15, 0.2) is 0 Å². The fraction of sp³-hybridized carbons (Fsp3) is 0.400. The van der Waals surface area contributed by atoms with Crippen molar-refractivity contribution in [1.82, 2.24) is 4.98 Å². The van der Waals surface area contributed by atoms with Crippen molar-refractivity contribution in [2.75, 3.05) is 5.32 Å². The zero-order valence-corrected chi connectivity index (χ0v) is 11.1. The van der Waals surface area contributed by atoms with Crippen LogP contribution in [0.2, 0.25) is 0 Å². The van der Waals surface area contributed by atoms with Crippen LogP contribution in [0.25, 0.3) is 0 Å². The second-order valence-corrected chi connectivity index (χ2v) is 5.55. The van der Waals surface area contributed by atoms with Crippen molar-refractivity contribution >= 4 is 17.7 Å². The summed E-state index contributed by atoms with van der Waals surface area (Å²) in [5, 5.41) is 12.1. The molecule has 0 saturated heterocycles. The number of carboxylic acids is 1. The van der Waals surface area contributed by atoms with Gasteiger partial charge in [-0.15, -0.1) is 0 Å². The lowest BCUT2D eigenvalue weighted by Gasteiger charge is -2.23. The summed E-state index contributed by atoms with van der Waals surface area (Å²) in [5.41, 5.74) is 1.01. The van der Waals surface area contributed by atoms with E-state index in [4.69, 9.17) is 0 Å². The quantitative estimate of drug-likeness (QED) is 0.823. The van der Waals surface area contributed by atoms with Gasteiger partial charge in [0.05, 0.1) is 11.8 Å². The minimum absolute atomic E-state index is 0.0146. The molecule has 1 amide bonds. The molecule has 2 bridgehead atoms. The van der Waals surface area contributed by atoms with Crippen LogP contribution in [0.5, 0.6) is 0 Å². The molecule has 2 aliphatic rings. The monoisotopic (exact) mass is 272 g/mol. The molecule has 2 aliphatic carbocycles. The summed E-state index contributed by atoms with van der Waals surface area (Å²) < 4.78 is 0. The number of carbonyl (C=O) groups is 2. The van der Waals surface area contributed by atoms with E-state index in [9.17, 15) is 14.7 Å². The van der Waals surface area contributed by atoms with Crippen LogP contribution >= 0.6 is 0 Å². The number of nitrogens with one attached hydrogen (secondary N) is 1. The first-order chi connectivity index (χ1) is 9.56. The smallest absolute Gasteiger partial charge is 0.307 e. The highest BCUT2D eigenvalue weighted by Gasteiger charge is 2.51. The maximum atomic E-state index is 12.4. The van der Waals surface area contributed by atoms with E-state index in [0.717, 1.165) is 12.0 Å². The molecule has 3 rings (SSSR count). The zero-order chi connectivity index (χ0) is 14.3. The maximum Gasteiger partial charge on any atom is 0.307 e. The van der Waals surface area contributed by atoms with E-state index in [1.807, 2.05) is 25.1 Å². The van der Waals surface area contributed by atoms with Crippen molar-refractivity contribution in [3.05, 3.63) is 36.0 Å². The summed E-state index contributed by atoms with van der Waals surface area (Å²) in [6.07, 6.45) is 6.33. The second kappa shape index (κ2) is 4.74. The third kappa shape index (κ3) is 2.09. The van der Waals surface area contributed by atoms with E-state index < -0.39 is 17.8 Å². The van der Waals surface area contributed by atoms with Crippen molar-refractivity contribution < 1.29 is 14.7 Å². The Kier molecular flexibility index (Phi) is 3.04. The molecular formula is C15H16N2O3. The third-order valence-corrected chi connectivity index (χ3v) is 4.21. The Labute approximate surface area is 116 Å². The molecule has 0 aliphatic heterocycles. The molecule has 1 heterocycles. The summed E-state index contributed by atoms with van der Waals surface area (Å²) in [6.45, 7) is 1.92. The molecule has 1 aromatic rings. The minimum Gasteiger partial charge on any atom is -0.481 e. The Bertz CT molecular complexity index is 579. The molecule has 2 N–H and O–H groups in total. The number of hydrogen-bond donors (Lipinski definition) is 2. The summed E-state index contributed by atoms with van der Waals surface area (Å²) >= 11 is 0. The molecule has 5 heteroatoms. The van der Waals surface area contributed by atoms with E-state index >= 15 is 0 Å². The molecule has 0 spiro atoms. The molecule has 104 valence electrons. The minimum atomic E-state index is -0.890. The number of rotatable bonds is 3. The number of carboxylic acid groups (broad SMARTS) is 1. The number of aliphatic carboxylic acids is 1. The van der Waals surface area contributed by atoms with E-state index in [1.54, 1.807) is 12.3 Å². The first-order valence-corrected chi connectivity index (χ1v) is 6.71. The van der Waals surface area contributed by atoms with E-state index in [0.29, 0.717) is 5.82 Å². The van der Waals surface area contributed by atoms with Crippen LogP contribution in [0.1, 0.15) is 12.0 Å². The molecule has 4 atom stereocenters. The summed E-state index contributed by atoms with van der Waals surface area (Å²) in [5.74, 6) is -1.76. The van der Waals surface area contributed by atoms with Crippen molar-refractivity contribution in [2.45, 2.75) is 13.3 Å². The van der Waals surface area contributed by atoms with Gasteiger partial charge in [-0.3, -0.25) is 9.59 Å². The topological polar surface area (TPSA) is 79.3 Å². The lowest BCUT2D eigenvalue weighted by molar-refractivity contribution is -0.146. The van der Waals surface area contributed by atoms with Gasteiger partial charge in [0, 0.05) is 6.20 Å². The highest BCUT2D eigenvalue weighted by molar-refractivity contribution is 5.95. The fourth-order valence-corrected chi connectivity index (χ4v) is 3.27. The molecular weight excluding hydrogens is 256 g/mol. The van der Waals surface area contributed by atoms with Crippen LogP contribution in [0.3, 0.4) is 0 Å². The van der Waals surface area contributed by atoms with E-state index in [1.165, 1.54) is 0 Å². The van der Waals surface area contributed by atoms with Crippen LogP contribution in [-0.4, -0.2) is 22.0 Å². The van der Waals surface area contributed by atoms with Crippen LogP contribution < -0.4 is 5.32 Å². The van der Waals surface area contributed by atoms with Gasteiger partial charge in [0.25, 0.3) is 0 Å². The Hall–Kier alpha value is -2.17. The number of nitrogens with zero attached hydrogens (tertiary/aromatic N) is 1. The Morgan fingerprint density at radius 3 is 2.55 bits per heavy atom. The molecule has 5 nitrogen and oxygen atoms in total. The standard InChI is InChI=1S/C15H16N2O3/c1-8-2-5-11(16-7-8)17-14(18)12-9-3-4-10(6-9)13(12)15(19)20/h2-5,7,9-10,12-13H,6H2,1H3,(H,19,20)(H,16,17,18)/t9-,10+,12-,13+/m1/s1. The number of amides is 1. The Balaban J connectivity index is 1.78. The lowest BCUT2D eigenvalue weighted by Crippen LogP contribution is -2.36. The van der Waals surface area contributed by atoms with Gasteiger partial charge in [0.2, 0.25) is 5.91 Å². The number of aromatic nitrogens is 1. The summed E-state index contributed by atoms with van der Waals surface area (Å²) in [4.78, 5) is 27.9. The molecule has 1 saturated carbocycles. The fourth-order valence-electron chi connectivity index (χ4n) is 3.27. The molecule has 1 aromatic heterocycles. The number of allylic oxidation sites excluding steroid dienone is 2. The number of pyridine rings is 1. The van der Waals surface area contributed by atoms with Gasteiger partial charge in [-0.2, -0.15) is 0 Å². The predicted molar refractivity (Wildman–Crippen MR) is 73.0 cm³/mol. The maximum absolute atomic E-state index is 12.4. The highest BCUT2D eigenvalue weighted by atomic mass is 16.4. The van der Waals surface area contributed by atoms with Gasteiger partial charge in [-0.25, -0.2) is 4.98 Å². The number of hydrogen-bond acceptors (Lipinski definition) is 3. The van der Waals surface area contributed by atoms with Crippen molar-refractivity contribution in [3.8, 4) is 0 Å². The van der Waals surface area contributed by atoms with Crippen LogP contribution in [0.15, 0.2) is 30.5 Å². The molecule has 20 heavy (non-hydrogen) atoms. The predicted octanol–water partition coefficient (Wildman–Crippen LogP) is 1.85. The summed E-state index contributed by atoms with van der Waals surface area (Å²) in [7, 11) is 0. The number of fused-ring (bicyclic) bond motifs is 2. The third-order valence-electron chi connectivity index (χ3n) is 4.21. The Morgan fingerprint density at radius 1 is 1.25 bits per heavy atom. The normalized spacial score (nSPS) is 30.4. The average Bonchev–Trinajstić information content (AvgIpc) is 3.01. The summed E-state index contributed by atoms with van der Waals surface area (Å²) in [6, 6.07) is 3.59. The molecule has 1 fully saturated rings. The highest BCUT2D eigenvalue weighted by Crippen LogP contribution is 2.48.